The van der Waals surface area contributed by atoms with E-state index in [4.69, 9.17) is 0 Å². The SMILES string of the molecule is Cc1cc(NC(=O)Cc2ccc(-c3cnc4c(c3)C(F)=CC4)cc2F)cnc1C. The van der Waals surface area contributed by atoms with E-state index in [1.165, 1.54) is 12.1 Å². The van der Waals surface area contributed by atoms with Gasteiger partial charge in [0.2, 0.25) is 5.91 Å². The second-order valence-corrected chi connectivity index (χ2v) is 7.13. The quantitative estimate of drug-likeness (QED) is 0.685. The van der Waals surface area contributed by atoms with Crippen molar-refractivity contribution >= 4 is 17.4 Å². The normalized spacial score (nSPS) is 12.5. The third kappa shape index (κ3) is 3.92. The molecule has 1 aliphatic carbocycles. The number of halogens is 2. The molecule has 0 atom stereocenters. The molecule has 1 aromatic carbocycles. The van der Waals surface area contributed by atoms with E-state index in [2.05, 4.69) is 15.3 Å². The summed E-state index contributed by atoms with van der Waals surface area (Å²) in [5, 5.41) is 2.74. The predicted molar refractivity (Wildman–Crippen MR) is 108 cm³/mol. The van der Waals surface area contributed by atoms with Crippen LogP contribution in [0.3, 0.4) is 0 Å². The highest BCUT2D eigenvalue weighted by molar-refractivity contribution is 5.92. The number of pyridine rings is 2. The molecule has 0 bridgehead atoms. The van der Waals surface area contributed by atoms with E-state index >= 15 is 0 Å². The van der Waals surface area contributed by atoms with Crippen molar-refractivity contribution in [1.29, 1.82) is 0 Å². The Labute approximate surface area is 167 Å². The zero-order chi connectivity index (χ0) is 20.5. The minimum absolute atomic E-state index is 0.0984. The van der Waals surface area contributed by atoms with Crippen LogP contribution in [0.1, 0.15) is 28.1 Å². The van der Waals surface area contributed by atoms with Gasteiger partial charge in [-0.05, 0) is 54.8 Å². The second kappa shape index (κ2) is 7.54. The first-order valence-corrected chi connectivity index (χ1v) is 9.27. The van der Waals surface area contributed by atoms with E-state index in [9.17, 15) is 13.6 Å². The summed E-state index contributed by atoms with van der Waals surface area (Å²) in [6.07, 6.45) is 5.04. The number of hydrogen-bond donors (Lipinski definition) is 1. The summed E-state index contributed by atoms with van der Waals surface area (Å²) in [7, 11) is 0. The minimum atomic E-state index is -0.493. The number of allylic oxidation sites excluding steroid dienone is 1. The fraction of sp³-hybridized carbons (Fsp3) is 0.174. The number of hydrogen-bond acceptors (Lipinski definition) is 3. The van der Waals surface area contributed by atoms with Crippen LogP contribution in [-0.4, -0.2) is 15.9 Å². The third-order valence-corrected chi connectivity index (χ3v) is 5.06. The van der Waals surface area contributed by atoms with Gasteiger partial charge in [0.15, 0.2) is 0 Å². The first kappa shape index (κ1) is 18.9. The van der Waals surface area contributed by atoms with Crippen LogP contribution in [-0.2, 0) is 17.6 Å². The Hall–Kier alpha value is -3.41. The highest BCUT2D eigenvalue weighted by Gasteiger charge is 2.17. The van der Waals surface area contributed by atoms with Crippen LogP contribution in [0, 0.1) is 19.7 Å². The zero-order valence-electron chi connectivity index (χ0n) is 16.1. The molecule has 0 fully saturated rings. The van der Waals surface area contributed by atoms with Crippen LogP contribution in [0.4, 0.5) is 14.5 Å². The number of fused-ring (bicyclic) bond motifs is 1. The lowest BCUT2D eigenvalue weighted by Crippen LogP contribution is -2.15. The molecule has 3 aromatic rings. The first-order valence-electron chi connectivity index (χ1n) is 9.27. The maximum atomic E-state index is 14.6. The molecule has 1 N–H and O–H groups in total. The van der Waals surface area contributed by atoms with Gasteiger partial charge in [-0.15, -0.1) is 0 Å². The monoisotopic (exact) mass is 391 g/mol. The highest BCUT2D eigenvalue weighted by atomic mass is 19.1. The topological polar surface area (TPSA) is 54.9 Å². The maximum Gasteiger partial charge on any atom is 0.228 e. The van der Waals surface area contributed by atoms with Crippen LogP contribution >= 0.6 is 0 Å². The molecule has 0 saturated carbocycles. The molecule has 2 aromatic heterocycles. The van der Waals surface area contributed by atoms with Gasteiger partial charge < -0.3 is 5.32 Å². The molecule has 4 rings (SSSR count). The van der Waals surface area contributed by atoms with Crippen LogP contribution in [0.15, 0.2) is 48.8 Å². The van der Waals surface area contributed by atoms with Crippen LogP contribution in [0.25, 0.3) is 17.0 Å². The molecule has 6 heteroatoms. The smallest absolute Gasteiger partial charge is 0.228 e. The number of benzene rings is 1. The summed E-state index contributed by atoms with van der Waals surface area (Å²) in [6.45, 7) is 3.80. The molecule has 146 valence electrons. The Morgan fingerprint density at radius 3 is 2.66 bits per heavy atom. The number of rotatable bonds is 4. The molecule has 2 heterocycles. The summed E-state index contributed by atoms with van der Waals surface area (Å²) in [4.78, 5) is 20.8. The Morgan fingerprint density at radius 2 is 1.90 bits per heavy atom. The van der Waals surface area contributed by atoms with Crippen molar-refractivity contribution < 1.29 is 13.6 Å². The third-order valence-electron chi connectivity index (χ3n) is 5.06. The summed E-state index contributed by atoms with van der Waals surface area (Å²) in [5.74, 6) is -1.12. The number of aryl methyl sites for hydroxylation is 2. The number of aromatic nitrogens is 2. The Morgan fingerprint density at radius 1 is 1.07 bits per heavy atom. The Kier molecular flexibility index (Phi) is 4.92. The fourth-order valence-electron chi connectivity index (χ4n) is 3.28. The summed E-state index contributed by atoms with van der Waals surface area (Å²) in [6, 6.07) is 8.13. The van der Waals surface area contributed by atoms with Crippen LogP contribution in [0.2, 0.25) is 0 Å². The number of amides is 1. The lowest BCUT2D eigenvalue weighted by Gasteiger charge is -2.09. The largest absolute Gasteiger partial charge is 0.324 e. The lowest BCUT2D eigenvalue weighted by atomic mass is 10.0. The Balaban J connectivity index is 1.50. The summed E-state index contributed by atoms with van der Waals surface area (Å²) >= 11 is 0. The van der Waals surface area contributed by atoms with Gasteiger partial charge in [-0.3, -0.25) is 14.8 Å². The van der Waals surface area contributed by atoms with Crippen molar-refractivity contribution in [3.8, 4) is 11.1 Å². The molecule has 1 aliphatic rings. The Bertz CT molecular complexity index is 1150. The molecular weight excluding hydrogens is 372 g/mol. The standard InChI is InChI=1S/C23H19F2N3O/c1-13-7-18(12-26-14(13)2)28-23(29)10-16-4-3-15(9-21(16)25)17-8-19-20(24)5-6-22(19)27-11-17/h3-5,7-9,11-12H,6,10H2,1-2H3,(H,28,29). The summed E-state index contributed by atoms with van der Waals surface area (Å²) < 4.78 is 28.4. The van der Waals surface area contributed by atoms with Gasteiger partial charge in [0.1, 0.15) is 11.6 Å². The molecule has 4 nitrogen and oxygen atoms in total. The molecule has 1 amide bonds. The van der Waals surface area contributed by atoms with E-state index in [-0.39, 0.29) is 23.7 Å². The molecular formula is C23H19F2N3O. The van der Waals surface area contributed by atoms with Crippen molar-refractivity contribution in [2.45, 2.75) is 26.7 Å². The van der Waals surface area contributed by atoms with E-state index in [1.54, 1.807) is 30.6 Å². The average Bonchev–Trinajstić information content (AvgIpc) is 3.07. The number of nitrogens with zero attached hydrogens (tertiary/aromatic N) is 2. The highest BCUT2D eigenvalue weighted by Crippen LogP contribution is 2.31. The van der Waals surface area contributed by atoms with Gasteiger partial charge >= 0.3 is 0 Å². The van der Waals surface area contributed by atoms with Gasteiger partial charge in [0.25, 0.3) is 0 Å². The van der Waals surface area contributed by atoms with E-state index in [0.717, 1.165) is 11.3 Å². The van der Waals surface area contributed by atoms with Gasteiger partial charge in [0.05, 0.1) is 24.0 Å². The van der Waals surface area contributed by atoms with Gasteiger partial charge in [-0.1, -0.05) is 12.1 Å². The van der Waals surface area contributed by atoms with E-state index in [0.29, 0.717) is 34.5 Å². The molecule has 0 unspecified atom stereocenters. The maximum absolute atomic E-state index is 14.6. The number of carbonyl (C=O) groups is 1. The molecule has 0 saturated heterocycles. The van der Waals surface area contributed by atoms with E-state index in [1.807, 2.05) is 19.9 Å². The molecule has 0 spiro atoms. The zero-order valence-corrected chi connectivity index (χ0v) is 16.1. The van der Waals surface area contributed by atoms with Crippen LogP contribution < -0.4 is 5.32 Å². The minimum Gasteiger partial charge on any atom is -0.324 e. The molecule has 0 radical (unpaired) electrons. The van der Waals surface area contributed by atoms with Crippen molar-refractivity contribution in [1.82, 2.24) is 9.97 Å². The number of anilines is 1. The van der Waals surface area contributed by atoms with Gasteiger partial charge in [0, 0.05) is 29.4 Å². The fourth-order valence-corrected chi connectivity index (χ4v) is 3.28. The van der Waals surface area contributed by atoms with Crippen molar-refractivity contribution in [3.05, 3.63) is 82.7 Å². The van der Waals surface area contributed by atoms with E-state index < -0.39 is 5.82 Å². The second-order valence-electron chi connectivity index (χ2n) is 7.13. The average molecular weight is 391 g/mol. The van der Waals surface area contributed by atoms with Gasteiger partial charge in [-0.2, -0.15) is 0 Å². The van der Waals surface area contributed by atoms with Crippen molar-refractivity contribution in [2.75, 3.05) is 5.32 Å². The lowest BCUT2D eigenvalue weighted by molar-refractivity contribution is -0.115. The summed E-state index contributed by atoms with van der Waals surface area (Å²) in [5.41, 5.74) is 5.06. The predicted octanol–water partition coefficient (Wildman–Crippen LogP) is 4.95. The number of carbonyl (C=O) groups excluding carboxylic acids is 1. The number of nitrogens with one attached hydrogen (secondary N) is 1. The van der Waals surface area contributed by atoms with Crippen molar-refractivity contribution in [2.24, 2.45) is 0 Å². The van der Waals surface area contributed by atoms with Crippen molar-refractivity contribution in [3.63, 3.8) is 0 Å². The molecule has 29 heavy (non-hydrogen) atoms. The molecule has 0 aliphatic heterocycles. The first-order chi connectivity index (χ1) is 13.9. The van der Waals surface area contributed by atoms with Gasteiger partial charge in [-0.25, -0.2) is 8.78 Å². The van der Waals surface area contributed by atoms with Crippen LogP contribution in [0.5, 0.6) is 0 Å².